The van der Waals surface area contributed by atoms with Gasteiger partial charge in [0.15, 0.2) is 0 Å². The van der Waals surface area contributed by atoms with Crippen LogP contribution in [0.5, 0.6) is 0 Å². The molecule has 1 heterocycles. The van der Waals surface area contributed by atoms with E-state index in [9.17, 15) is 27.9 Å². The van der Waals surface area contributed by atoms with Crippen molar-refractivity contribution in [3.05, 3.63) is 0 Å². The zero-order chi connectivity index (χ0) is 14.3. The summed E-state index contributed by atoms with van der Waals surface area (Å²) in [5.41, 5.74) is -0.699. The third kappa shape index (κ3) is 2.91. The van der Waals surface area contributed by atoms with Crippen LogP contribution in [0, 0.1) is 5.41 Å². The van der Waals surface area contributed by atoms with Gasteiger partial charge in [-0.05, 0) is 12.8 Å². The van der Waals surface area contributed by atoms with Gasteiger partial charge in [-0.1, -0.05) is 12.8 Å². The van der Waals surface area contributed by atoms with Crippen LogP contribution in [0.1, 0.15) is 38.5 Å². The summed E-state index contributed by atoms with van der Waals surface area (Å²) in [6, 6.07) is 0. The second kappa shape index (κ2) is 4.77. The van der Waals surface area contributed by atoms with Crippen LogP contribution in [0.3, 0.4) is 0 Å². The van der Waals surface area contributed by atoms with Crippen molar-refractivity contribution in [1.29, 1.82) is 0 Å². The summed E-state index contributed by atoms with van der Waals surface area (Å²) in [6.45, 7) is -0.557. The number of carbonyl (C=O) groups is 2. The maximum atomic E-state index is 12.2. The van der Waals surface area contributed by atoms with E-state index in [1.54, 1.807) is 0 Å². The molecule has 1 aliphatic carbocycles. The van der Waals surface area contributed by atoms with E-state index in [2.05, 4.69) is 0 Å². The van der Waals surface area contributed by atoms with Gasteiger partial charge < -0.3 is 5.11 Å². The molecule has 0 bridgehead atoms. The van der Waals surface area contributed by atoms with E-state index in [4.69, 9.17) is 0 Å². The summed E-state index contributed by atoms with van der Waals surface area (Å²) < 4.78 is 36.4. The maximum absolute atomic E-state index is 12.2. The first kappa shape index (κ1) is 14.3. The number of imide groups is 1. The first-order chi connectivity index (χ1) is 8.73. The van der Waals surface area contributed by atoms with Crippen LogP contribution in [0.15, 0.2) is 0 Å². The second-order valence-corrected chi connectivity index (χ2v) is 5.45. The Labute approximate surface area is 108 Å². The Morgan fingerprint density at radius 3 is 2.37 bits per heavy atom. The highest BCUT2D eigenvalue weighted by Crippen LogP contribution is 2.46. The predicted molar refractivity (Wildman–Crippen MR) is 58.9 cm³/mol. The largest absolute Gasteiger partial charge is 0.391 e. The van der Waals surface area contributed by atoms with Crippen molar-refractivity contribution in [1.82, 2.24) is 4.90 Å². The summed E-state index contributed by atoms with van der Waals surface area (Å²) in [5.74, 6) is -0.871. The Morgan fingerprint density at radius 1 is 1.26 bits per heavy atom. The van der Waals surface area contributed by atoms with Crippen molar-refractivity contribution in [2.24, 2.45) is 5.41 Å². The maximum Gasteiger partial charge on any atom is 0.391 e. The third-order valence-corrected chi connectivity index (χ3v) is 3.91. The molecule has 4 nitrogen and oxygen atoms in total. The van der Waals surface area contributed by atoms with Crippen molar-refractivity contribution >= 4 is 11.8 Å². The Hall–Kier alpha value is -1.11. The molecule has 2 fully saturated rings. The van der Waals surface area contributed by atoms with Crippen LogP contribution < -0.4 is 0 Å². The number of hydrogen-bond donors (Lipinski definition) is 1. The minimum absolute atomic E-state index is 0.0740. The highest BCUT2D eigenvalue weighted by molar-refractivity contribution is 6.06. The van der Waals surface area contributed by atoms with Crippen molar-refractivity contribution in [2.75, 3.05) is 6.54 Å². The molecular formula is C12H16F3NO3. The first-order valence-electron chi connectivity index (χ1n) is 6.33. The average molecular weight is 279 g/mol. The molecule has 2 amide bonds. The van der Waals surface area contributed by atoms with Gasteiger partial charge in [-0.15, -0.1) is 0 Å². The van der Waals surface area contributed by atoms with Crippen LogP contribution >= 0.6 is 0 Å². The highest BCUT2D eigenvalue weighted by atomic mass is 19.4. The zero-order valence-electron chi connectivity index (χ0n) is 10.4. The van der Waals surface area contributed by atoms with Crippen molar-refractivity contribution in [3.63, 3.8) is 0 Å². The SMILES string of the molecule is O=C1CC2(CCCC2)C(=O)N1C[C@H](O)CC(F)(F)F. The van der Waals surface area contributed by atoms with E-state index >= 15 is 0 Å². The molecule has 1 saturated heterocycles. The molecule has 1 N–H and O–H groups in total. The van der Waals surface area contributed by atoms with E-state index in [-0.39, 0.29) is 6.42 Å². The smallest absolute Gasteiger partial charge is 0.391 e. The lowest BCUT2D eigenvalue weighted by molar-refractivity contribution is -0.160. The average Bonchev–Trinajstić information content (AvgIpc) is 2.79. The minimum atomic E-state index is -4.50. The van der Waals surface area contributed by atoms with Gasteiger partial charge in [0.1, 0.15) is 0 Å². The standard InChI is InChI=1S/C12H16F3NO3/c13-12(14,15)5-8(17)7-16-9(18)6-11(10(16)19)3-1-2-4-11/h8,17H,1-7H2/t8-/m1/s1. The van der Waals surface area contributed by atoms with E-state index in [1.165, 1.54) is 0 Å². The van der Waals surface area contributed by atoms with Crippen molar-refractivity contribution < 1.29 is 27.9 Å². The molecular weight excluding hydrogens is 263 g/mol. The molecule has 7 heteroatoms. The Balaban J connectivity index is 2.01. The fraction of sp³-hybridized carbons (Fsp3) is 0.833. The monoisotopic (exact) mass is 279 g/mol. The molecule has 108 valence electrons. The third-order valence-electron chi connectivity index (χ3n) is 3.91. The topological polar surface area (TPSA) is 57.6 Å². The molecule has 19 heavy (non-hydrogen) atoms. The summed E-state index contributed by atoms with van der Waals surface area (Å²) in [7, 11) is 0. The summed E-state index contributed by atoms with van der Waals surface area (Å²) in [5, 5.41) is 9.35. The van der Waals surface area contributed by atoms with Crippen LogP contribution in [0.25, 0.3) is 0 Å². The van der Waals surface area contributed by atoms with E-state index < -0.39 is 42.5 Å². The zero-order valence-corrected chi connectivity index (χ0v) is 10.4. The molecule has 0 aromatic heterocycles. The lowest BCUT2D eigenvalue weighted by Gasteiger charge is -2.23. The lowest BCUT2D eigenvalue weighted by Crippen LogP contribution is -2.40. The van der Waals surface area contributed by atoms with Gasteiger partial charge in [-0.25, -0.2) is 0 Å². The lowest BCUT2D eigenvalue weighted by atomic mass is 9.84. The number of carbonyl (C=O) groups excluding carboxylic acids is 2. The number of β-amino-alcohol motifs (C(OH)–C–C–N with tert-alkyl or cyclic N) is 1. The summed E-state index contributed by atoms with van der Waals surface area (Å²) >= 11 is 0. The fourth-order valence-electron chi connectivity index (χ4n) is 3.03. The molecule has 0 aromatic rings. The van der Waals surface area contributed by atoms with E-state index in [1.807, 2.05) is 0 Å². The van der Waals surface area contributed by atoms with E-state index in [0.717, 1.165) is 17.7 Å². The number of hydrogen-bond acceptors (Lipinski definition) is 3. The van der Waals surface area contributed by atoms with Gasteiger partial charge in [0.05, 0.1) is 24.5 Å². The molecule has 0 unspecified atom stereocenters. The molecule has 1 aliphatic heterocycles. The number of aliphatic hydroxyl groups is 1. The molecule has 0 aromatic carbocycles. The second-order valence-electron chi connectivity index (χ2n) is 5.45. The highest BCUT2D eigenvalue weighted by Gasteiger charge is 2.53. The molecule has 2 rings (SSSR count). The Kier molecular flexibility index (Phi) is 3.59. The number of likely N-dealkylation sites (tertiary alicyclic amines) is 1. The summed E-state index contributed by atoms with van der Waals surface area (Å²) in [4.78, 5) is 24.7. The first-order valence-corrected chi connectivity index (χ1v) is 6.33. The number of amides is 2. The van der Waals surface area contributed by atoms with Gasteiger partial charge >= 0.3 is 6.18 Å². The van der Waals surface area contributed by atoms with Gasteiger partial charge in [-0.2, -0.15) is 13.2 Å². The number of rotatable bonds is 3. The Morgan fingerprint density at radius 2 is 1.84 bits per heavy atom. The van der Waals surface area contributed by atoms with Gasteiger partial charge in [0.25, 0.3) is 0 Å². The number of nitrogens with zero attached hydrogens (tertiary/aromatic N) is 1. The minimum Gasteiger partial charge on any atom is -0.391 e. The van der Waals surface area contributed by atoms with Crippen LogP contribution in [-0.2, 0) is 9.59 Å². The van der Waals surface area contributed by atoms with Crippen LogP contribution in [0.2, 0.25) is 0 Å². The summed E-state index contributed by atoms with van der Waals surface area (Å²) in [6.07, 6.45) is -4.63. The van der Waals surface area contributed by atoms with Crippen molar-refractivity contribution in [3.8, 4) is 0 Å². The van der Waals surface area contributed by atoms with Crippen LogP contribution in [-0.4, -0.2) is 40.6 Å². The molecule has 1 saturated carbocycles. The number of aliphatic hydroxyl groups excluding tert-OH is 1. The molecule has 1 spiro atoms. The normalized spacial score (nSPS) is 24.5. The van der Waals surface area contributed by atoms with E-state index in [0.29, 0.717) is 12.8 Å². The van der Waals surface area contributed by atoms with Gasteiger partial charge in [-0.3, -0.25) is 14.5 Å². The molecule has 2 aliphatic rings. The van der Waals surface area contributed by atoms with Crippen LogP contribution in [0.4, 0.5) is 13.2 Å². The van der Waals surface area contributed by atoms with Gasteiger partial charge in [0, 0.05) is 6.42 Å². The molecule has 0 radical (unpaired) electrons. The number of alkyl halides is 3. The Bertz CT molecular complexity index is 388. The fourth-order valence-corrected chi connectivity index (χ4v) is 3.03. The van der Waals surface area contributed by atoms with Crippen molar-refractivity contribution in [2.45, 2.75) is 50.8 Å². The van der Waals surface area contributed by atoms with Gasteiger partial charge in [0.2, 0.25) is 11.8 Å². The predicted octanol–water partition coefficient (Wildman–Crippen LogP) is 1.62. The quantitative estimate of drug-likeness (QED) is 0.799. The number of halogens is 3. The molecule has 1 atom stereocenters.